The second-order valence-electron chi connectivity index (χ2n) is 0.250. The van der Waals surface area contributed by atoms with E-state index in [2.05, 4.69) is 0 Å². The van der Waals surface area contributed by atoms with Crippen LogP contribution in [0.2, 0.25) is 0 Å². The predicted molar refractivity (Wildman–Crippen MR) is 15.0 cm³/mol. The van der Waals surface area contributed by atoms with Crippen molar-refractivity contribution >= 4 is 23.5 Å². The van der Waals surface area contributed by atoms with Crippen molar-refractivity contribution in [3.8, 4) is 0 Å². The van der Waals surface area contributed by atoms with Gasteiger partial charge in [-0.3, -0.25) is 0 Å². The molecule has 0 radical (unpaired) electrons. The topological polar surface area (TPSA) is 123 Å². The molecule has 0 unspecified atom stereocenters. The van der Waals surface area contributed by atoms with Gasteiger partial charge in [-0.15, -0.1) is 0 Å². The van der Waals surface area contributed by atoms with E-state index in [1.54, 1.807) is 0 Å². The van der Waals surface area contributed by atoms with E-state index in [-0.39, 0.29) is 57.9 Å². The maximum Gasteiger partial charge on any atom is 3.00 e. The van der Waals surface area contributed by atoms with Gasteiger partial charge >= 0.3 is 46.9 Å². The van der Waals surface area contributed by atoms with Crippen molar-refractivity contribution in [2.45, 2.75) is 0 Å². The molecule has 0 spiro atoms. The van der Waals surface area contributed by atoms with Gasteiger partial charge in [0.05, 0.1) is 0 Å². The third kappa shape index (κ3) is 422. The van der Waals surface area contributed by atoms with E-state index in [0.717, 1.165) is 0 Å². The summed E-state index contributed by atoms with van der Waals surface area (Å²) in [5.41, 5.74) is 0. The van der Waals surface area contributed by atoms with Crippen LogP contribution in [0.3, 0.4) is 0 Å². The summed E-state index contributed by atoms with van der Waals surface area (Å²) in [5.74, 6) is 0. The molecule has 0 aliphatic rings. The first kappa shape index (κ1) is 37.5. The van der Waals surface area contributed by atoms with Gasteiger partial charge in [0.1, 0.15) is 0 Å². The fraction of sp³-hybridized carbons (Fsp3) is 0. The van der Waals surface area contributed by atoms with Gasteiger partial charge in [-0.2, -0.15) is 0 Å². The zero-order chi connectivity index (χ0) is 3.58. The summed E-state index contributed by atoms with van der Waals surface area (Å²) in [7, 11) is 0. The standard InChI is InChI=1S/CH2O3.Al.Na.2H2O/c2-1(3)4;;;;/h(H2,2,3,4);;;2*1H2/q;+3;+1;;/p-4. The number of rotatable bonds is 0. The van der Waals surface area contributed by atoms with Crippen molar-refractivity contribution in [1.82, 2.24) is 0 Å². The van der Waals surface area contributed by atoms with Gasteiger partial charge in [-0.25, -0.2) is 0 Å². The number of hydrogen-bond acceptors (Lipinski definition) is 5. The van der Waals surface area contributed by atoms with Crippen molar-refractivity contribution in [2.24, 2.45) is 0 Å². The molecular formula is CH2AlNaO5. The molecular weight excluding hydrogens is 142 g/mol. The van der Waals surface area contributed by atoms with Gasteiger partial charge in [0.15, 0.2) is 0 Å². The normalized spacial score (nSPS) is 3.00. The van der Waals surface area contributed by atoms with Crippen LogP contribution in [0.1, 0.15) is 0 Å². The molecule has 0 fully saturated rings. The summed E-state index contributed by atoms with van der Waals surface area (Å²) in [6.45, 7) is 0. The van der Waals surface area contributed by atoms with Crippen LogP contribution >= 0.6 is 0 Å². The number of hydrogen-bond donors (Lipinski definition) is 0. The Morgan fingerprint density at radius 1 is 1.12 bits per heavy atom. The average molecular weight is 144 g/mol. The van der Waals surface area contributed by atoms with Crippen LogP contribution in [-0.4, -0.2) is 34.5 Å². The van der Waals surface area contributed by atoms with Crippen LogP contribution in [0.15, 0.2) is 0 Å². The van der Waals surface area contributed by atoms with E-state index >= 15 is 0 Å². The van der Waals surface area contributed by atoms with Crippen LogP contribution in [0, 0.1) is 0 Å². The molecule has 0 bridgehead atoms. The van der Waals surface area contributed by atoms with Crippen molar-refractivity contribution in [1.29, 1.82) is 0 Å². The molecule has 0 heterocycles. The number of carbonyl (C=O) groups is 1. The second kappa shape index (κ2) is 25.2. The molecule has 0 aromatic carbocycles. The van der Waals surface area contributed by atoms with Crippen LogP contribution in [-0.2, 0) is 0 Å². The van der Waals surface area contributed by atoms with Crippen molar-refractivity contribution in [3.63, 3.8) is 0 Å². The molecule has 8 heavy (non-hydrogen) atoms. The minimum atomic E-state index is -2.33. The van der Waals surface area contributed by atoms with Crippen LogP contribution < -0.4 is 39.8 Å². The summed E-state index contributed by atoms with van der Waals surface area (Å²) in [6.07, 6.45) is -2.33. The Hall–Kier alpha value is 0.722. The predicted octanol–water partition coefficient (Wildman–Crippen LogP) is -6.18. The smallest absolute Gasteiger partial charge is 0.870 e. The first-order valence-electron chi connectivity index (χ1n) is 0.612. The quantitative estimate of drug-likeness (QED) is 0.313. The molecule has 7 heteroatoms. The fourth-order valence-electron chi connectivity index (χ4n) is 0. The van der Waals surface area contributed by atoms with E-state index in [0.29, 0.717) is 0 Å². The summed E-state index contributed by atoms with van der Waals surface area (Å²) < 4.78 is 0. The van der Waals surface area contributed by atoms with Crippen molar-refractivity contribution in [2.75, 3.05) is 0 Å². The van der Waals surface area contributed by atoms with Crippen LogP contribution in [0.4, 0.5) is 4.79 Å². The molecule has 0 aromatic heterocycles. The molecule has 0 amide bonds. The summed E-state index contributed by atoms with van der Waals surface area (Å²) in [6, 6.07) is 0. The number of carboxylic acid groups (broad SMARTS) is 2. The zero-order valence-corrected chi connectivity index (χ0v) is 7.35. The minimum absolute atomic E-state index is 0. The van der Waals surface area contributed by atoms with Gasteiger partial charge < -0.3 is 26.0 Å². The molecule has 0 rings (SSSR count). The van der Waals surface area contributed by atoms with Crippen LogP contribution in [0.25, 0.3) is 0 Å². The van der Waals surface area contributed by atoms with Gasteiger partial charge in [-0.1, -0.05) is 0 Å². The molecule has 0 aromatic rings. The van der Waals surface area contributed by atoms with E-state index in [1.807, 2.05) is 0 Å². The summed E-state index contributed by atoms with van der Waals surface area (Å²) in [5, 5.41) is 16.7. The van der Waals surface area contributed by atoms with Gasteiger partial charge in [0.2, 0.25) is 0 Å². The third-order valence-electron chi connectivity index (χ3n) is 0. The molecule has 0 atom stereocenters. The fourth-order valence-corrected chi connectivity index (χ4v) is 0. The summed E-state index contributed by atoms with van der Waals surface area (Å²) in [4.78, 5) is 8.33. The molecule has 2 N–H and O–H groups in total. The van der Waals surface area contributed by atoms with Gasteiger partial charge in [0, 0.05) is 0 Å². The van der Waals surface area contributed by atoms with Crippen molar-refractivity contribution < 1.29 is 55.5 Å². The first-order valence-corrected chi connectivity index (χ1v) is 0.612. The zero-order valence-electron chi connectivity index (χ0n) is 4.20. The largest absolute Gasteiger partial charge is 3.00 e. The SMILES string of the molecule is O=C([O-])[O-].[Al+3].[Na+].[OH-].[OH-]. The maximum absolute atomic E-state index is 8.33. The number of carbonyl (C=O) groups excluding carboxylic acids is 1. The Morgan fingerprint density at radius 2 is 1.12 bits per heavy atom. The van der Waals surface area contributed by atoms with E-state index in [1.165, 1.54) is 0 Å². The maximum atomic E-state index is 8.33. The van der Waals surface area contributed by atoms with E-state index in [4.69, 9.17) is 15.0 Å². The summed E-state index contributed by atoms with van der Waals surface area (Å²) >= 11 is 0. The van der Waals surface area contributed by atoms with Gasteiger partial charge in [-0.05, 0) is 6.16 Å². The molecule has 0 saturated heterocycles. The van der Waals surface area contributed by atoms with Crippen molar-refractivity contribution in [3.05, 3.63) is 0 Å². The van der Waals surface area contributed by atoms with Crippen LogP contribution in [0.5, 0.6) is 0 Å². The third-order valence-corrected chi connectivity index (χ3v) is 0. The Bertz CT molecular complexity index is 35.4. The van der Waals surface area contributed by atoms with E-state index < -0.39 is 6.16 Å². The molecule has 0 aliphatic heterocycles. The molecule has 40 valence electrons. The Kier molecular flexibility index (Phi) is 118. The Balaban J connectivity index is -0.00000000750. The molecule has 0 saturated carbocycles. The second-order valence-corrected chi connectivity index (χ2v) is 0.250. The van der Waals surface area contributed by atoms with Gasteiger partial charge in [0.25, 0.3) is 0 Å². The Labute approximate surface area is 78.7 Å². The Morgan fingerprint density at radius 3 is 1.12 bits per heavy atom. The minimum Gasteiger partial charge on any atom is -0.870 e. The monoisotopic (exact) mass is 144 g/mol. The average Bonchev–Trinajstić information content (AvgIpc) is 0.811. The molecule has 5 nitrogen and oxygen atoms in total. The first-order chi connectivity index (χ1) is 1.73. The van der Waals surface area contributed by atoms with E-state index in [9.17, 15) is 0 Å². The molecule has 0 aliphatic carbocycles.